The third kappa shape index (κ3) is 10.8. The Morgan fingerprint density at radius 3 is 1.71 bits per heavy atom. The molecule has 5 N–H and O–H groups in total. The average molecular weight is 210 g/mol. The normalized spacial score (nSPS) is 10.0. The third-order valence-corrected chi connectivity index (χ3v) is 1.72. The van der Waals surface area contributed by atoms with E-state index in [2.05, 4.69) is 3.18 Å². The summed E-state index contributed by atoms with van der Waals surface area (Å²) in [5.74, 6) is 0. The molecule has 7 heavy (non-hydrogen) atoms. The van der Waals surface area contributed by atoms with E-state index in [1.165, 1.54) is 0 Å². The molecule has 0 aliphatic rings. The van der Waals surface area contributed by atoms with Crippen molar-refractivity contribution in [1.82, 2.24) is 6.15 Å². The molecule has 0 rings (SSSR count). The van der Waals surface area contributed by atoms with Crippen LogP contribution >= 0.6 is 7.82 Å². The molecule has 0 unspecified atom stereocenters. The van der Waals surface area contributed by atoms with E-state index < -0.39 is 7.82 Å². The van der Waals surface area contributed by atoms with E-state index in [1.54, 1.807) is 0 Å². The van der Waals surface area contributed by atoms with Crippen molar-refractivity contribution in [3.63, 3.8) is 0 Å². The van der Waals surface area contributed by atoms with E-state index in [-0.39, 0.29) is 6.15 Å². The Morgan fingerprint density at radius 1 is 1.57 bits per heavy atom. The zero-order valence-corrected chi connectivity index (χ0v) is 6.17. The van der Waals surface area contributed by atoms with Crippen molar-refractivity contribution in [2.75, 3.05) is 0 Å². The molecule has 0 amide bonds. The fraction of sp³-hybridized carbons (Fsp3) is 0. The predicted molar refractivity (Wildman–Crippen MR) is 18.2 cm³/mol. The molecule has 0 aliphatic carbocycles. The van der Waals surface area contributed by atoms with Crippen LogP contribution in [0.3, 0.4) is 0 Å². The van der Waals surface area contributed by atoms with E-state index in [4.69, 9.17) is 9.79 Å². The number of hydrogen-bond acceptors (Lipinski definition) is 3. The molecule has 0 aliphatic heterocycles. The van der Waals surface area contributed by atoms with Gasteiger partial charge >= 0.3 is 45.5 Å². The SMILES string of the molecule is N.O=P(O)(O)[O][Mo]. The second kappa shape index (κ2) is 3.72. The van der Waals surface area contributed by atoms with Crippen molar-refractivity contribution >= 4 is 7.82 Å². The summed E-state index contributed by atoms with van der Waals surface area (Å²) in [5, 5.41) is 0. The maximum atomic E-state index is 9.47. The summed E-state index contributed by atoms with van der Waals surface area (Å²) in [5.41, 5.74) is 0. The van der Waals surface area contributed by atoms with Crippen molar-refractivity contribution in [2.45, 2.75) is 0 Å². The number of hydrogen-bond donors (Lipinski definition) is 3. The summed E-state index contributed by atoms with van der Waals surface area (Å²) in [6, 6.07) is 0. The average Bonchev–Trinajstić information content (AvgIpc) is 1.35. The molecule has 0 bridgehead atoms. The minimum absolute atomic E-state index is 0. The van der Waals surface area contributed by atoms with Gasteiger partial charge in [0.05, 0.1) is 0 Å². The van der Waals surface area contributed by atoms with Gasteiger partial charge in [-0.2, -0.15) is 0 Å². The van der Waals surface area contributed by atoms with E-state index >= 15 is 0 Å². The third-order valence-electron chi connectivity index (χ3n) is 0.0971. The molecule has 0 saturated heterocycles. The van der Waals surface area contributed by atoms with Crippen molar-refractivity contribution in [1.29, 1.82) is 0 Å². The zero-order valence-electron chi connectivity index (χ0n) is 3.27. The van der Waals surface area contributed by atoms with E-state index in [0.717, 1.165) is 20.2 Å². The Morgan fingerprint density at radius 2 is 1.71 bits per heavy atom. The molecule has 7 heteroatoms. The first-order valence-electron chi connectivity index (χ1n) is 0.932. The first kappa shape index (κ1) is 10.7. The summed E-state index contributed by atoms with van der Waals surface area (Å²) in [4.78, 5) is 15.4. The number of rotatable bonds is 1. The van der Waals surface area contributed by atoms with Crippen LogP contribution in [0.2, 0.25) is 0 Å². The van der Waals surface area contributed by atoms with Gasteiger partial charge in [-0.25, -0.2) is 0 Å². The van der Waals surface area contributed by atoms with Crippen molar-refractivity contribution in [3.8, 4) is 0 Å². The summed E-state index contributed by atoms with van der Waals surface area (Å²) >= 11 is 0.883. The maximum absolute atomic E-state index is 9.47. The van der Waals surface area contributed by atoms with Crippen LogP contribution in [0.4, 0.5) is 0 Å². The van der Waals surface area contributed by atoms with Gasteiger partial charge in [0.2, 0.25) is 0 Å². The van der Waals surface area contributed by atoms with Gasteiger partial charge in [-0.05, 0) is 0 Å². The van der Waals surface area contributed by atoms with Crippen LogP contribution in [0.15, 0.2) is 0 Å². The number of phosphoric acid groups is 1. The molecule has 0 atom stereocenters. The van der Waals surface area contributed by atoms with Crippen LogP contribution in [-0.4, -0.2) is 9.79 Å². The Labute approximate surface area is 52.2 Å². The first-order chi connectivity index (χ1) is 2.56. The predicted octanol–water partition coefficient (Wildman–Crippen LogP) is -0.281. The van der Waals surface area contributed by atoms with Crippen molar-refractivity contribution in [3.05, 3.63) is 0 Å². The Hall–Kier alpha value is 0.758. The zero-order chi connectivity index (χ0) is 5.21. The topological polar surface area (TPSA) is 102 Å². The molecule has 0 heterocycles. The summed E-state index contributed by atoms with van der Waals surface area (Å²) in [7, 11) is -4.14. The standard InChI is InChI=1S/Mo.H3N.H3O4P/c;;1-5(2,3)4/h;1H3;(H3,1,2,3,4)/q+1;;/p-1. The molecule has 0 radical (unpaired) electrons. The van der Waals surface area contributed by atoms with Gasteiger partial charge in [0.25, 0.3) is 0 Å². The van der Waals surface area contributed by atoms with Crippen molar-refractivity contribution in [2.24, 2.45) is 0 Å². The molecule has 5 nitrogen and oxygen atoms in total. The molecule has 0 spiro atoms. The van der Waals surface area contributed by atoms with Gasteiger partial charge < -0.3 is 6.15 Å². The van der Waals surface area contributed by atoms with Gasteiger partial charge in [-0.15, -0.1) is 0 Å². The van der Waals surface area contributed by atoms with Gasteiger partial charge in [0, 0.05) is 0 Å². The quantitative estimate of drug-likeness (QED) is 0.408. The summed E-state index contributed by atoms with van der Waals surface area (Å²) in [6.07, 6.45) is 0. The second-order valence-electron chi connectivity index (χ2n) is 0.565. The molecular formula is H5MoNO4P. The van der Waals surface area contributed by atoms with Gasteiger partial charge in [-0.3, -0.25) is 0 Å². The molecule has 0 aromatic rings. The molecule has 0 aromatic heterocycles. The summed E-state index contributed by atoms with van der Waals surface area (Å²) < 4.78 is 13.1. The minimum atomic E-state index is -4.14. The summed E-state index contributed by atoms with van der Waals surface area (Å²) in [6.45, 7) is 0. The van der Waals surface area contributed by atoms with E-state index in [9.17, 15) is 4.57 Å². The Kier molecular flexibility index (Phi) is 5.68. The molecule has 0 fully saturated rings. The van der Waals surface area contributed by atoms with Gasteiger partial charge in [-0.1, -0.05) is 0 Å². The monoisotopic (exact) mass is 212 g/mol. The van der Waals surface area contributed by atoms with Crippen LogP contribution in [0.1, 0.15) is 0 Å². The van der Waals surface area contributed by atoms with Crippen LogP contribution in [0, 0.1) is 0 Å². The van der Waals surface area contributed by atoms with Gasteiger partial charge in [0.1, 0.15) is 0 Å². The fourth-order valence-electron chi connectivity index (χ4n) is 0. The van der Waals surface area contributed by atoms with E-state index in [0.29, 0.717) is 0 Å². The second-order valence-corrected chi connectivity index (χ2v) is 2.79. The molecule has 45 valence electrons. The van der Waals surface area contributed by atoms with Crippen molar-refractivity contribution < 1.29 is 37.7 Å². The van der Waals surface area contributed by atoms with E-state index in [1.807, 2.05) is 0 Å². The van der Waals surface area contributed by atoms with Crippen LogP contribution in [0.25, 0.3) is 0 Å². The first-order valence-corrected chi connectivity index (χ1v) is 3.28. The molecule has 0 aromatic carbocycles. The van der Waals surface area contributed by atoms with Crippen LogP contribution in [0.5, 0.6) is 0 Å². The van der Waals surface area contributed by atoms with Crippen LogP contribution < -0.4 is 6.15 Å². The fourth-order valence-corrected chi connectivity index (χ4v) is 0. The van der Waals surface area contributed by atoms with Gasteiger partial charge in [0.15, 0.2) is 0 Å². The Bertz CT molecular complexity index is 75.8. The van der Waals surface area contributed by atoms with Crippen LogP contribution in [-0.2, 0) is 27.9 Å². The Balaban J connectivity index is 0. The molecular weight excluding hydrogens is 205 g/mol. The molecule has 0 saturated carbocycles.